The number of carbonyl (C=O) groups excluding carboxylic acids is 1. The average Bonchev–Trinajstić information content (AvgIpc) is 2.85. The van der Waals surface area contributed by atoms with Crippen molar-refractivity contribution in [3.63, 3.8) is 0 Å². The van der Waals surface area contributed by atoms with E-state index < -0.39 is 0 Å². The quantitative estimate of drug-likeness (QED) is 0.783. The molecule has 0 aliphatic rings. The van der Waals surface area contributed by atoms with E-state index in [-0.39, 0.29) is 11.7 Å². The van der Waals surface area contributed by atoms with Crippen molar-refractivity contribution in [2.45, 2.75) is 20.8 Å². The smallest absolute Gasteiger partial charge is 0.156 e. The standard InChI is InChI=1S/C16H18N2O/c1-12(2)16(13(3)19)9-14-10-17-18(11-14)15-7-5-4-6-8-15/h4-12H,1-3H3/b16-9+. The molecule has 2 rings (SSSR count). The van der Waals surface area contributed by atoms with Crippen molar-refractivity contribution in [2.75, 3.05) is 0 Å². The fourth-order valence-corrected chi connectivity index (χ4v) is 1.99. The van der Waals surface area contributed by atoms with Crippen molar-refractivity contribution in [1.29, 1.82) is 0 Å². The molecular weight excluding hydrogens is 236 g/mol. The molecule has 0 N–H and O–H groups in total. The Labute approximate surface area is 113 Å². The first-order chi connectivity index (χ1) is 9.08. The van der Waals surface area contributed by atoms with E-state index in [0.717, 1.165) is 16.8 Å². The lowest BCUT2D eigenvalue weighted by Gasteiger charge is -2.06. The second kappa shape index (κ2) is 5.65. The van der Waals surface area contributed by atoms with Crippen molar-refractivity contribution in [3.8, 4) is 5.69 Å². The summed E-state index contributed by atoms with van der Waals surface area (Å²) in [5.41, 5.74) is 2.78. The highest BCUT2D eigenvalue weighted by Gasteiger charge is 2.09. The number of benzene rings is 1. The zero-order valence-corrected chi connectivity index (χ0v) is 11.5. The molecule has 3 nitrogen and oxygen atoms in total. The fourth-order valence-electron chi connectivity index (χ4n) is 1.99. The van der Waals surface area contributed by atoms with Gasteiger partial charge in [-0.2, -0.15) is 5.10 Å². The third-order valence-corrected chi connectivity index (χ3v) is 2.97. The Balaban J connectivity index is 2.32. The molecule has 0 atom stereocenters. The molecular formula is C16H18N2O. The molecule has 19 heavy (non-hydrogen) atoms. The molecule has 3 heteroatoms. The molecule has 0 fully saturated rings. The van der Waals surface area contributed by atoms with Crippen LogP contribution >= 0.6 is 0 Å². The van der Waals surface area contributed by atoms with Crippen molar-refractivity contribution in [1.82, 2.24) is 9.78 Å². The third kappa shape index (κ3) is 3.19. The number of hydrogen-bond acceptors (Lipinski definition) is 2. The lowest BCUT2D eigenvalue weighted by atomic mass is 9.98. The monoisotopic (exact) mass is 254 g/mol. The van der Waals surface area contributed by atoms with Gasteiger partial charge in [0.05, 0.1) is 11.9 Å². The first kappa shape index (κ1) is 13.3. The zero-order chi connectivity index (χ0) is 13.8. The Morgan fingerprint density at radius 3 is 2.53 bits per heavy atom. The minimum Gasteiger partial charge on any atom is -0.295 e. The van der Waals surface area contributed by atoms with E-state index in [0.29, 0.717) is 0 Å². The maximum atomic E-state index is 11.6. The third-order valence-electron chi connectivity index (χ3n) is 2.97. The number of aromatic nitrogens is 2. The van der Waals surface area contributed by atoms with Gasteiger partial charge in [-0.15, -0.1) is 0 Å². The summed E-state index contributed by atoms with van der Waals surface area (Å²) in [5, 5.41) is 4.32. The van der Waals surface area contributed by atoms with Crippen molar-refractivity contribution < 1.29 is 4.79 Å². The van der Waals surface area contributed by atoms with Gasteiger partial charge in [-0.3, -0.25) is 4.79 Å². The highest BCUT2D eigenvalue weighted by molar-refractivity contribution is 5.98. The first-order valence-corrected chi connectivity index (χ1v) is 6.40. The second-order valence-corrected chi connectivity index (χ2v) is 4.86. The topological polar surface area (TPSA) is 34.9 Å². The molecule has 1 aromatic heterocycles. The van der Waals surface area contributed by atoms with E-state index in [1.807, 2.05) is 61.1 Å². The summed E-state index contributed by atoms with van der Waals surface area (Å²) in [5.74, 6) is 0.333. The van der Waals surface area contributed by atoms with E-state index in [2.05, 4.69) is 5.10 Å². The van der Waals surface area contributed by atoms with E-state index >= 15 is 0 Å². The number of nitrogens with zero attached hydrogens (tertiary/aromatic N) is 2. The highest BCUT2D eigenvalue weighted by Crippen LogP contribution is 2.16. The van der Waals surface area contributed by atoms with Gasteiger partial charge in [0.1, 0.15) is 0 Å². The molecule has 1 heterocycles. The molecule has 0 radical (unpaired) electrons. The SMILES string of the molecule is CC(=O)/C(=C/c1cnn(-c2ccccc2)c1)C(C)C. The summed E-state index contributed by atoms with van der Waals surface area (Å²) in [6.45, 7) is 5.65. The summed E-state index contributed by atoms with van der Waals surface area (Å²) in [4.78, 5) is 11.6. The minimum absolute atomic E-state index is 0.113. The van der Waals surface area contributed by atoms with Crippen molar-refractivity contribution in [2.24, 2.45) is 5.92 Å². The Kier molecular flexibility index (Phi) is 3.95. The molecule has 2 aromatic rings. The van der Waals surface area contributed by atoms with Crippen LogP contribution in [0.3, 0.4) is 0 Å². The average molecular weight is 254 g/mol. The molecule has 0 saturated carbocycles. The van der Waals surface area contributed by atoms with Gasteiger partial charge in [0.25, 0.3) is 0 Å². The summed E-state index contributed by atoms with van der Waals surface area (Å²) < 4.78 is 1.81. The molecule has 1 aromatic carbocycles. The lowest BCUT2D eigenvalue weighted by Crippen LogP contribution is -2.03. The van der Waals surface area contributed by atoms with Gasteiger partial charge in [-0.25, -0.2) is 4.68 Å². The Bertz CT molecular complexity index is 594. The largest absolute Gasteiger partial charge is 0.295 e. The fraction of sp³-hybridized carbons (Fsp3) is 0.250. The number of para-hydroxylation sites is 1. The summed E-state index contributed by atoms with van der Waals surface area (Å²) in [7, 11) is 0. The van der Waals surface area contributed by atoms with Gasteiger partial charge in [0, 0.05) is 11.8 Å². The van der Waals surface area contributed by atoms with E-state index in [1.54, 1.807) is 13.1 Å². The van der Waals surface area contributed by atoms with Crippen LogP contribution in [-0.4, -0.2) is 15.6 Å². The Morgan fingerprint density at radius 2 is 1.95 bits per heavy atom. The number of carbonyl (C=O) groups is 1. The predicted octanol–water partition coefficient (Wildman–Crippen LogP) is 3.50. The summed E-state index contributed by atoms with van der Waals surface area (Å²) in [6, 6.07) is 9.91. The summed E-state index contributed by atoms with van der Waals surface area (Å²) >= 11 is 0. The van der Waals surface area contributed by atoms with Crippen LogP contribution in [0, 0.1) is 5.92 Å². The number of rotatable bonds is 4. The first-order valence-electron chi connectivity index (χ1n) is 6.40. The molecule has 0 spiro atoms. The number of hydrogen-bond donors (Lipinski definition) is 0. The normalized spacial score (nSPS) is 11.9. The van der Waals surface area contributed by atoms with Crippen LogP contribution in [0.2, 0.25) is 0 Å². The summed E-state index contributed by atoms with van der Waals surface area (Å²) in [6.07, 6.45) is 5.62. The van der Waals surface area contributed by atoms with Crippen LogP contribution in [-0.2, 0) is 4.79 Å². The zero-order valence-electron chi connectivity index (χ0n) is 11.5. The Hall–Kier alpha value is -2.16. The molecule has 0 saturated heterocycles. The van der Waals surface area contributed by atoms with Crippen LogP contribution < -0.4 is 0 Å². The van der Waals surface area contributed by atoms with E-state index in [9.17, 15) is 4.79 Å². The molecule has 98 valence electrons. The number of ketones is 1. The highest BCUT2D eigenvalue weighted by atomic mass is 16.1. The van der Waals surface area contributed by atoms with Crippen LogP contribution in [0.5, 0.6) is 0 Å². The Morgan fingerprint density at radius 1 is 1.26 bits per heavy atom. The van der Waals surface area contributed by atoms with Crippen molar-refractivity contribution in [3.05, 3.63) is 53.9 Å². The molecule has 0 aliphatic carbocycles. The van der Waals surface area contributed by atoms with Crippen LogP contribution in [0.4, 0.5) is 0 Å². The van der Waals surface area contributed by atoms with Crippen LogP contribution in [0.1, 0.15) is 26.3 Å². The maximum absolute atomic E-state index is 11.6. The van der Waals surface area contributed by atoms with Crippen LogP contribution in [0.25, 0.3) is 11.8 Å². The van der Waals surface area contributed by atoms with Gasteiger partial charge in [0.2, 0.25) is 0 Å². The maximum Gasteiger partial charge on any atom is 0.156 e. The lowest BCUT2D eigenvalue weighted by molar-refractivity contribution is -0.113. The van der Waals surface area contributed by atoms with Gasteiger partial charge in [-0.1, -0.05) is 32.0 Å². The van der Waals surface area contributed by atoms with Crippen molar-refractivity contribution >= 4 is 11.9 Å². The second-order valence-electron chi connectivity index (χ2n) is 4.86. The van der Waals surface area contributed by atoms with Crippen LogP contribution in [0.15, 0.2) is 48.3 Å². The predicted molar refractivity (Wildman–Crippen MR) is 77.1 cm³/mol. The van der Waals surface area contributed by atoms with E-state index in [1.165, 1.54) is 0 Å². The van der Waals surface area contributed by atoms with E-state index in [4.69, 9.17) is 0 Å². The minimum atomic E-state index is 0.113. The number of allylic oxidation sites excluding steroid dienone is 1. The molecule has 0 amide bonds. The van der Waals surface area contributed by atoms with Gasteiger partial charge in [-0.05, 0) is 36.6 Å². The molecule has 0 bridgehead atoms. The molecule has 0 aliphatic heterocycles. The number of Topliss-reactive ketones (excluding diaryl/α,β-unsaturated/α-hetero) is 1. The molecule has 0 unspecified atom stereocenters. The van der Waals surface area contributed by atoms with Gasteiger partial charge < -0.3 is 0 Å². The van der Waals surface area contributed by atoms with Gasteiger partial charge in [0.15, 0.2) is 5.78 Å². The van der Waals surface area contributed by atoms with Gasteiger partial charge >= 0.3 is 0 Å².